The molecular weight excluding hydrogens is 458 g/mol. The van der Waals surface area contributed by atoms with Crippen LogP contribution in [-0.4, -0.2) is 57.0 Å². The number of benzene rings is 1. The lowest BCUT2D eigenvalue weighted by molar-refractivity contribution is -0.119. The van der Waals surface area contributed by atoms with Gasteiger partial charge in [0.1, 0.15) is 17.4 Å². The van der Waals surface area contributed by atoms with Gasteiger partial charge < -0.3 is 15.5 Å². The maximum atomic E-state index is 12.1. The highest BCUT2D eigenvalue weighted by molar-refractivity contribution is 7.99. The van der Waals surface area contributed by atoms with Gasteiger partial charge >= 0.3 is 0 Å². The van der Waals surface area contributed by atoms with Crippen molar-refractivity contribution in [1.29, 1.82) is 0 Å². The van der Waals surface area contributed by atoms with Gasteiger partial charge in [-0.05, 0) is 75.2 Å². The van der Waals surface area contributed by atoms with Crippen LogP contribution in [0.1, 0.15) is 43.4 Å². The standard InChI is InChI=1S/C26H33N7OS/c1-18-15-25(32-31-18)28-24-17-23(27-11-14-33-12-3-2-4-13-33)29-26(30-24)35-21-9-5-19(6-10-21)16-22(34)20-7-8-20/h5-6,9-10,15,17,20H,2-4,7-8,11-14,16H2,1H3,(H3,27,28,29,30,31,32). The highest BCUT2D eigenvalue weighted by Gasteiger charge is 2.29. The summed E-state index contributed by atoms with van der Waals surface area (Å²) >= 11 is 1.51. The van der Waals surface area contributed by atoms with Gasteiger partial charge in [0.05, 0.1) is 0 Å². The van der Waals surface area contributed by atoms with Gasteiger partial charge in [0.2, 0.25) is 0 Å². The summed E-state index contributed by atoms with van der Waals surface area (Å²) in [6.07, 6.45) is 6.56. The molecule has 2 aliphatic rings. The third kappa shape index (κ3) is 7.05. The first-order chi connectivity index (χ1) is 17.1. The zero-order valence-electron chi connectivity index (χ0n) is 20.2. The minimum atomic E-state index is 0.298. The number of piperidine rings is 1. The fourth-order valence-electron chi connectivity index (χ4n) is 4.30. The lowest BCUT2D eigenvalue weighted by Crippen LogP contribution is -2.33. The number of nitrogens with zero attached hydrogens (tertiary/aromatic N) is 4. The van der Waals surface area contributed by atoms with Crippen LogP contribution in [-0.2, 0) is 11.2 Å². The van der Waals surface area contributed by atoms with E-state index in [-0.39, 0.29) is 0 Å². The van der Waals surface area contributed by atoms with E-state index in [4.69, 9.17) is 9.97 Å². The van der Waals surface area contributed by atoms with Crippen molar-refractivity contribution in [3.63, 3.8) is 0 Å². The molecule has 1 saturated carbocycles. The number of carbonyl (C=O) groups is 1. The summed E-state index contributed by atoms with van der Waals surface area (Å²) in [5.41, 5.74) is 2.05. The number of anilines is 3. The summed E-state index contributed by atoms with van der Waals surface area (Å²) in [6, 6.07) is 12.0. The molecule has 2 fully saturated rings. The second kappa shape index (κ2) is 11.2. The third-order valence-corrected chi connectivity index (χ3v) is 7.27. The van der Waals surface area contributed by atoms with E-state index in [2.05, 4.69) is 25.7 Å². The Morgan fingerprint density at radius 1 is 1.06 bits per heavy atom. The average molecular weight is 492 g/mol. The van der Waals surface area contributed by atoms with Crippen LogP contribution in [0.25, 0.3) is 0 Å². The second-order valence-corrected chi connectivity index (χ2v) is 10.5. The van der Waals surface area contributed by atoms with Gasteiger partial charge in [-0.2, -0.15) is 5.10 Å². The zero-order valence-corrected chi connectivity index (χ0v) is 21.0. The smallest absolute Gasteiger partial charge is 0.196 e. The molecule has 0 spiro atoms. The quantitative estimate of drug-likeness (QED) is 0.328. The molecule has 5 rings (SSSR count). The Morgan fingerprint density at radius 3 is 2.54 bits per heavy atom. The van der Waals surface area contributed by atoms with Gasteiger partial charge in [-0.1, -0.05) is 18.6 Å². The van der Waals surface area contributed by atoms with E-state index in [1.807, 2.05) is 43.3 Å². The normalized spacial score (nSPS) is 16.3. The molecule has 8 nitrogen and oxygen atoms in total. The van der Waals surface area contributed by atoms with Crippen LogP contribution < -0.4 is 10.6 Å². The van der Waals surface area contributed by atoms with E-state index < -0.39 is 0 Å². The number of carbonyl (C=O) groups excluding carboxylic acids is 1. The molecule has 3 aromatic rings. The molecule has 2 aromatic heterocycles. The Morgan fingerprint density at radius 2 is 1.83 bits per heavy atom. The van der Waals surface area contributed by atoms with E-state index in [1.165, 1.54) is 44.1 Å². The van der Waals surface area contributed by atoms with E-state index in [0.29, 0.717) is 29.1 Å². The SMILES string of the molecule is Cc1cc(Nc2cc(NCCN3CCCCC3)nc(Sc3ccc(CC(=O)C4CC4)cc3)n2)n[nH]1. The fraction of sp³-hybridized carbons (Fsp3) is 0.462. The molecule has 0 bridgehead atoms. The van der Waals surface area contributed by atoms with Crippen molar-refractivity contribution >= 4 is 35.0 Å². The van der Waals surface area contributed by atoms with Crippen molar-refractivity contribution in [3.8, 4) is 0 Å². The molecule has 1 aliphatic heterocycles. The number of aromatic amines is 1. The molecule has 0 amide bonds. The molecule has 3 N–H and O–H groups in total. The number of aromatic nitrogens is 4. The largest absolute Gasteiger partial charge is 0.369 e. The van der Waals surface area contributed by atoms with Crippen LogP contribution in [0.15, 0.2) is 46.5 Å². The maximum Gasteiger partial charge on any atom is 0.196 e. The molecule has 0 radical (unpaired) electrons. The predicted molar refractivity (Wildman–Crippen MR) is 139 cm³/mol. The first-order valence-corrected chi connectivity index (χ1v) is 13.4. The van der Waals surface area contributed by atoms with Crippen LogP contribution in [0.2, 0.25) is 0 Å². The van der Waals surface area contributed by atoms with E-state index in [0.717, 1.165) is 53.7 Å². The molecule has 35 heavy (non-hydrogen) atoms. The highest BCUT2D eigenvalue weighted by Crippen LogP contribution is 2.32. The van der Waals surface area contributed by atoms with E-state index in [9.17, 15) is 4.79 Å². The molecular formula is C26H33N7OS. The molecule has 3 heterocycles. The summed E-state index contributed by atoms with van der Waals surface area (Å²) in [5.74, 6) is 2.87. The van der Waals surface area contributed by atoms with Crippen molar-refractivity contribution in [2.24, 2.45) is 5.92 Å². The first kappa shape index (κ1) is 23.8. The van der Waals surface area contributed by atoms with Crippen molar-refractivity contribution in [1.82, 2.24) is 25.1 Å². The number of rotatable bonds is 11. The fourth-order valence-corrected chi connectivity index (χ4v) is 5.07. The Balaban J connectivity index is 1.26. The summed E-state index contributed by atoms with van der Waals surface area (Å²) in [4.78, 5) is 25.1. The number of ketones is 1. The van der Waals surface area contributed by atoms with Crippen LogP contribution in [0.5, 0.6) is 0 Å². The van der Waals surface area contributed by atoms with Crippen LogP contribution in [0.4, 0.5) is 17.5 Å². The van der Waals surface area contributed by atoms with Crippen LogP contribution >= 0.6 is 11.8 Å². The van der Waals surface area contributed by atoms with Crippen molar-refractivity contribution < 1.29 is 4.79 Å². The molecule has 9 heteroatoms. The Hall–Kier alpha value is -2.91. The summed E-state index contributed by atoms with van der Waals surface area (Å²) in [5, 5.41) is 14.6. The minimum Gasteiger partial charge on any atom is -0.369 e. The molecule has 0 atom stereocenters. The number of aryl methyl sites for hydroxylation is 1. The summed E-state index contributed by atoms with van der Waals surface area (Å²) < 4.78 is 0. The first-order valence-electron chi connectivity index (χ1n) is 12.5. The Kier molecular flexibility index (Phi) is 7.63. The van der Waals surface area contributed by atoms with Crippen LogP contribution in [0.3, 0.4) is 0 Å². The Labute approximate surface area is 210 Å². The van der Waals surface area contributed by atoms with Crippen molar-refractivity contribution in [3.05, 3.63) is 47.7 Å². The molecule has 1 aliphatic carbocycles. The lowest BCUT2D eigenvalue weighted by Gasteiger charge is -2.26. The highest BCUT2D eigenvalue weighted by atomic mass is 32.2. The zero-order chi connectivity index (χ0) is 24.0. The monoisotopic (exact) mass is 491 g/mol. The molecule has 184 valence electrons. The van der Waals surface area contributed by atoms with E-state index >= 15 is 0 Å². The van der Waals surface area contributed by atoms with Gasteiger partial charge in [-0.25, -0.2) is 9.97 Å². The number of likely N-dealkylation sites (tertiary alicyclic amines) is 1. The predicted octanol–water partition coefficient (Wildman–Crippen LogP) is 4.82. The number of H-pyrrole nitrogens is 1. The van der Waals surface area contributed by atoms with Crippen LogP contribution in [0, 0.1) is 12.8 Å². The number of nitrogens with one attached hydrogen (secondary N) is 3. The van der Waals surface area contributed by atoms with Gasteiger partial charge in [0, 0.05) is 48.2 Å². The minimum absolute atomic E-state index is 0.298. The number of hydrogen-bond acceptors (Lipinski definition) is 8. The number of Topliss-reactive ketones (excluding diaryl/α,β-unsaturated/α-hetero) is 1. The molecule has 0 unspecified atom stereocenters. The molecule has 1 saturated heterocycles. The van der Waals surface area contributed by atoms with E-state index in [1.54, 1.807) is 0 Å². The molecule has 1 aromatic carbocycles. The third-order valence-electron chi connectivity index (χ3n) is 6.39. The van der Waals surface area contributed by atoms with Gasteiger partial charge in [-0.15, -0.1) is 0 Å². The van der Waals surface area contributed by atoms with Gasteiger partial charge in [0.15, 0.2) is 11.0 Å². The second-order valence-electron chi connectivity index (χ2n) is 9.47. The lowest BCUT2D eigenvalue weighted by atomic mass is 10.1. The maximum absolute atomic E-state index is 12.1. The van der Waals surface area contributed by atoms with Gasteiger partial charge in [-0.3, -0.25) is 9.89 Å². The summed E-state index contributed by atoms with van der Waals surface area (Å²) in [6.45, 7) is 6.18. The topological polar surface area (TPSA) is 98.8 Å². The Bertz CT molecular complexity index is 1140. The number of hydrogen-bond donors (Lipinski definition) is 3. The summed E-state index contributed by atoms with van der Waals surface area (Å²) in [7, 11) is 0. The van der Waals surface area contributed by atoms with Crippen molar-refractivity contribution in [2.75, 3.05) is 36.8 Å². The van der Waals surface area contributed by atoms with Crippen molar-refractivity contribution in [2.45, 2.75) is 55.5 Å². The van der Waals surface area contributed by atoms with Gasteiger partial charge in [0.25, 0.3) is 0 Å². The average Bonchev–Trinajstić information content (AvgIpc) is 3.63.